The molecule has 0 radical (unpaired) electrons. The Morgan fingerprint density at radius 2 is 1.90 bits per heavy atom. The fraction of sp³-hybridized carbons (Fsp3) is 0.440. The smallest absolute Gasteiger partial charge is 0.382 e. The summed E-state index contributed by atoms with van der Waals surface area (Å²) in [4.78, 5) is 30.3. The van der Waals surface area contributed by atoms with Crippen LogP contribution in [-0.2, 0) is 17.4 Å². The number of aromatic nitrogens is 3. The Bertz CT molecular complexity index is 1500. The number of rotatable bonds is 5. The van der Waals surface area contributed by atoms with Crippen LogP contribution < -0.4 is 11.1 Å². The van der Waals surface area contributed by atoms with Gasteiger partial charge in [0, 0.05) is 30.9 Å². The zero-order valence-electron chi connectivity index (χ0n) is 20.9. The summed E-state index contributed by atoms with van der Waals surface area (Å²) in [7, 11) is 0. The third-order valence-corrected chi connectivity index (χ3v) is 7.32. The van der Waals surface area contributed by atoms with E-state index < -0.39 is 95.3 Å². The van der Waals surface area contributed by atoms with Gasteiger partial charge >= 0.3 is 6.18 Å². The normalized spacial score (nSPS) is 21.1. The van der Waals surface area contributed by atoms with Crippen LogP contribution in [0.3, 0.4) is 0 Å². The second kappa shape index (κ2) is 9.63. The molecule has 1 aliphatic carbocycles. The molecule has 1 saturated carbocycles. The quantitative estimate of drug-likeness (QED) is 0.450. The Balaban J connectivity index is 1.45. The predicted octanol–water partition coefficient (Wildman–Crippen LogP) is 4.02. The lowest BCUT2D eigenvalue weighted by Crippen LogP contribution is -2.47. The Morgan fingerprint density at radius 1 is 1.20 bits per heavy atom. The molecule has 8 nitrogen and oxygen atoms in total. The maximum atomic E-state index is 15.9. The number of anilines is 1. The highest BCUT2D eigenvalue weighted by Gasteiger charge is 2.51. The van der Waals surface area contributed by atoms with Gasteiger partial charge in [-0.1, -0.05) is 13.0 Å². The van der Waals surface area contributed by atoms with Gasteiger partial charge in [-0.05, 0) is 24.1 Å². The first kappa shape index (κ1) is 27.6. The summed E-state index contributed by atoms with van der Waals surface area (Å²) in [5, 5.41) is 6.15. The van der Waals surface area contributed by atoms with Crippen molar-refractivity contribution < 1.29 is 40.3 Å². The van der Waals surface area contributed by atoms with Crippen LogP contribution >= 0.6 is 0 Å². The lowest BCUT2D eigenvalue weighted by Gasteiger charge is -2.36. The van der Waals surface area contributed by atoms with Gasteiger partial charge in [0.1, 0.15) is 23.8 Å². The van der Waals surface area contributed by atoms with Crippen LogP contribution in [0.2, 0.25) is 0 Å². The number of amides is 2. The second-order valence-electron chi connectivity index (χ2n) is 9.96. The van der Waals surface area contributed by atoms with Crippen LogP contribution in [0.15, 0.2) is 24.5 Å². The first-order chi connectivity index (χ1) is 18.7. The third kappa shape index (κ3) is 4.70. The second-order valence-corrected chi connectivity index (χ2v) is 9.96. The average molecular weight is 572 g/mol. The van der Waals surface area contributed by atoms with Gasteiger partial charge in [-0.2, -0.15) is 18.3 Å². The van der Waals surface area contributed by atoms with Crippen molar-refractivity contribution in [3.8, 4) is 11.3 Å². The molecule has 2 aliphatic rings. The number of benzene rings is 1. The molecule has 2 aromatic heterocycles. The molecule has 214 valence electrons. The minimum absolute atomic E-state index is 0.155. The van der Waals surface area contributed by atoms with Crippen molar-refractivity contribution in [3.63, 3.8) is 0 Å². The van der Waals surface area contributed by atoms with E-state index in [4.69, 9.17) is 5.73 Å². The van der Waals surface area contributed by atoms with Gasteiger partial charge in [-0.25, -0.2) is 27.1 Å². The van der Waals surface area contributed by atoms with E-state index in [1.54, 1.807) is 6.92 Å². The number of hydrogen-bond acceptors (Lipinski definition) is 5. The van der Waals surface area contributed by atoms with Crippen molar-refractivity contribution in [2.24, 2.45) is 5.92 Å². The minimum Gasteiger partial charge on any atom is -0.382 e. The largest absolute Gasteiger partial charge is 0.418 e. The lowest BCUT2D eigenvalue weighted by molar-refractivity contribution is -0.159. The van der Waals surface area contributed by atoms with Gasteiger partial charge in [0.25, 0.3) is 5.91 Å². The number of hydrogen-bond donors (Lipinski definition) is 2. The monoisotopic (exact) mass is 572 g/mol. The number of aryl methyl sites for hydroxylation is 1. The molecule has 3 N–H and O–H groups in total. The molecule has 0 bridgehead atoms. The number of nitrogens with two attached hydrogens (primary N) is 1. The molecule has 40 heavy (non-hydrogen) atoms. The van der Waals surface area contributed by atoms with E-state index in [0.717, 1.165) is 15.7 Å². The van der Waals surface area contributed by atoms with Crippen LogP contribution in [0.5, 0.6) is 0 Å². The molecule has 5 rings (SSSR count). The number of halogens is 7. The van der Waals surface area contributed by atoms with E-state index in [1.807, 2.05) is 0 Å². The highest BCUT2D eigenvalue weighted by atomic mass is 19.4. The van der Waals surface area contributed by atoms with Crippen molar-refractivity contribution in [2.75, 3.05) is 18.8 Å². The first-order valence-electron chi connectivity index (χ1n) is 12.3. The van der Waals surface area contributed by atoms with Crippen LogP contribution in [0.25, 0.3) is 16.8 Å². The number of nitrogen functional groups attached to an aromatic ring is 1. The summed E-state index contributed by atoms with van der Waals surface area (Å²) >= 11 is 0. The standard InChI is InChI=1S/C25H23F7N6O2/c1-2-11-3-4-13(17-5-14(25(30,31)32)20-21(33)34-10-35-38(17)20)19(27)18(11)22(39)36-16-9-37(8-15(16)26)23(40)12-6-24(28,29)7-12/h3-5,10,12,15-16H,2,6-9H2,1H3,(H,36,39)(H2,33,34,35)/t15-,16+/m0/s1. The van der Waals surface area contributed by atoms with E-state index in [1.165, 1.54) is 12.1 Å². The van der Waals surface area contributed by atoms with Crippen molar-refractivity contribution in [1.29, 1.82) is 0 Å². The molecule has 1 saturated heterocycles. The van der Waals surface area contributed by atoms with E-state index in [-0.39, 0.29) is 24.2 Å². The van der Waals surface area contributed by atoms with Crippen molar-refractivity contribution in [2.45, 2.75) is 50.5 Å². The Morgan fingerprint density at radius 3 is 2.52 bits per heavy atom. The molecule has 3 aromatic rings. The fourth-order valence-electron chi connectivity index (χ4n) is 5.24. The highest BCUT2D eigenvalue weighted by molar-refractivity contribution is 5.98. The molecule has 2 fully saturated rings. The molecular formula is C25H23F7N6O2. The van der Waals surface area contributed by atoms with Crippen LogP contribution in [0.1, 0.15) is 41.3 Å². The summed E-state index contributed by atoms with van der Waals surface area (Å²) in [6, 6.07) is 1.96. The van der Waals surface area contributed by atoms with Gasteiger partial charge in [-0.3, -0.25) is 9.59 Å². The number of carbonyl (C=O) groups excluding carboxylic acids is 2. The van der Waals surface area contributed by atoms with Gasteiger partial charge in [0.05, 0.1) is 29.4 Å². The summed E-state index contributed by atoms with van der Waals surface area (Å²) in [5.41, 5.74) is 2.82. The predicted molar refractivity (Wildman–Crippen MR) is 128 cm³/mol. The topological polar surface area (TPSA) is 106 Å². The van der Waals surface area contributed by atoms with Gasteiger partial charge < -0.3 is 16.0 Å². The number of carbonyl (C=O) groups is 2. The first-order valence-corrected chi connectivity index (χ1v) is 12.3. The van der Waals surface area contributed by atoms with Crippen molar-refractivity contribution >= 4 is 23.1 Å². The van der Waals surface area contributed by atoms with Gasteiger partial charge in [0.2, 0.25) is 11.8 Å². The number of likely N-dealkylation sites (tertiary alicyclic amines) is 1. The summed E-state index contributed by atoms with van der Waals surface area (Å²) in [6.07, 6.45) is -6.82. The molecule has 2 atom stereocenters. The SMILES string of the molecule is CCc1ccc(-c2cc(C(F)(F)F)c3c(N)ncnn23)c(F)c1C(=O)N[C@@H]1CN(C(=O)C2CC(F)(F)C2)C[C@@H]1F. The molecule has 2 amide bonds. The summed E-state index contributed by atoms with van der Waals surface area (Å²) < 4.78 is 99.0. The van der Waals surface area contributed by atoms with Crippen LogP contribution in [-0.4, -0.2) is 62.5 Å². The molecular weight excluding hydrogens is 549 g/mol. The molecule has 15 heteroatoms. The van der Waals surface area contributed by atoms with Crippen molar-refractivity contribution in [3.05, 3.63) is 47.0 Å². The van der Waals surface area contributed by atoms with Crippen molar-refractivity contribution in [1.82, 2.24) is 24.8 Å². The van der Waals surface area contributed by atoms with Crippen LogP contribution in [0, 0.1) is 11.7 Å². The lowest BCUT2D eigenvalue weighted by atomic mass is 9.80. The number of nitrogens with zero attached hydrogens (tertiary/aromatic N) is 4. The molecule has 1 aromatic carbocycles. The third-order valence-electron chi connectivity index (χ3n) is 7.32. The van der Waals surface area contributed by atoms with E-state index in [2.05, 4.69) is 15.4 Å². The van der Waals surface area contributed by atoms with Gasteiger partial charge in [-0.15, -0.1) is 0 Å². The Hall–Kier alpha value is -3.91. The number of fused-ring (bicyclic) bond motifs is 1. The highest BCUT2D eigenvalue weighted by Crippen LogP contribution is 2.44. The number of alkyl halides is 6. The van der Waals surface area contributed by atoms with E-state index in [9.17, 15) is 35.9 Å². The molecule has 0 unspecified atom stereocenters. The zero-order valence-corrected chi connectivity index (χ0v) is 20.9. The van der Waals surface area contributed by atoms with Crippen LogP contribution in [0.4, 0.5) is 36.6 Å². The van der Waals surface area contributed by atoms with Gasteiger partial charge in [0.15, 0.2) is 5.82 Å². The zero-order chi connectivity index (χ0) is 29.1. The summed E-state index contributed by atoms with van der Waals surface area (Å²) in [5.74, 6) is -7.22. The van der Waals surface area contributed by atoms with E-state index >= 15 is 4.39 Å². The van der Waals surface area contributed by atoms with E-state index in [0.29, 0.717) is 6.07 Å². The Labute approximate surface area is 222 Å². The summed E-state index contributed by atoms with van der Waals surface area (Å²) in [6.45, 7) is 0.896. The molecule has 3 heterocycles. The maximum absolute atomic E-state index is 15.9. The number of nitrogens with one attached hydrogen (secondary N) is 1. The Kier molecular flexibility index (Phi) is 6.65. The molecule has 1 aliphatic heterocycles. The average Bonchev–Trinajstić information content (AvgIpc) is 3.43. The fourth-order valence-corrected chi connectivity index (χ4v) is 5.24. The maximum Gasteiger partial charge on any atom is 0.418 e. The molecule has 0 spiro atoms. The minimum atomic E-state index is -4.88.